The Morgan fingerprint density at radius 3 is 2.72 bits per heavy atom. The summed E-state index contributed by atoms with van der Waals surface area (Å²) in [6.07, 6.45) is 1.71. The molecule has 0 fully saturated rings. The molecule has 0 amide bonds. The smallest absolute Gasteiger partial charge is 0.282 e. The van der Waals surface area contributed by atoms with Gasteiger partial charge < -0.3 is 9.55 Å². The maximum atomic E-state index is 12.6. The number of benzene rings is 1. The van der Waals surface area contributed by atoms with Gasteiger partial charge in [-0.1, -0.05) is 26.0 Å². The molecule has 0 saturated carbocycles. The lowest BCUT2D eigenvalue weighted by Crippen LogP contribution is -2.18. The zero-order valence-electron chi connectivity index (χ0n) is 14.9. The Balaban J connectivity index is 2.05. The maximum Gasteiger partial charge on any atom is 0.282 e. The van der Waals surface area contributed by atoms with Crippen molar-refractivity contribution >= 4 is 29.3 Å². The van der Waals surface area contributed by atoms with Crippen molar-refractivity contribution in [1.29, 1.82) is 0 Å². The van der Waals surface area contributed by atoms with Gasteiger partial charge in [-0.25, -0.2) is 0 Å². The number of H-pyrrole nitrogens is 1. The Bertz CT molecular complexity index is 1070. The monoisotopic (exact) mass is 354 g/mol. The number of aromatic nitrogens is 3. The number of nitrogens with zero attached hydrogens (tertiary/aromatic N) is 3. The zero-order chi connectivity index (χ0) is 18.1. The fourth-order valence-corrected chi connectivity index (χ4v) is 3.22. The number of rotatable bonds is 4. The molecule has 2 aromatic heterocycles. The summed E-state index contributed by atoms with van der Waals surface area (Å²) >= 11 is 5.29. The molecule has 3 aromatic rings. The molecule has 0 spiro atoms. The van der Waals surface area contributed by atoms with E-state index in [1.165, 1.54) is 10.4 Å². The van der Waals surface area contributed by atoms with Gasteiger partial charge in [0, 0.05) is 23.5 Å². The van der Waals surface area contributed by atoms with Gasteiger partial charge in [0.25, 0.3) is 5.56 Å². The number of para-hydroxylation sites is 1. The van der Waals surface area contributed by atoms with Crippen molar-refractivity contribution in [2.24, 2.45) is 11.0 Å². The Hall–Kier alpha value is -2.47. The van der Waals surface area contributed by atoms with Crippen molar-refractivity contribution in [3.8, 4) is 0 Å². The highest BCUT2D eigenvalue weighted by Gasteiger charge is 2.09. The molecule has 25 heavy (non-hydrogen) atoms. The van der Waals surface area contributed by atoms with Gasteiger partial charge in [-0.15, -0.1) is 0 Å². The van der Waals surface area contributed by atoms with Crippen molar-refractivity contribution < 1.29 is 0 Å². The van der Waals surface area contributed by atoms with E-state index in [1.54, 1.807) is 12.3 Å². The average Bonchev–Trinajstić information content (AvgIpc) is 2.82. The maximum absolute atomic E-state index is 12.6. The molecule has 2 heterocycles. The molecule has 0 unspecified atom stereocenters. The molecule has 0 aliphatic rings. The molecule has 0 atom stereocenters. The number of nitrogens with one attached hydrogen (secondary N) is 1. The van der Waals surface area contributed by atoms with Gasteiger partial charge in [0.1, 0.15) is 0 Å². The van der Waals surface area contributed by atoms with Crippen LogP contribution in [0.3, 0.4) is 0 Å². The first-order chi connectivity index (χ1) is 11.9. The summed E-state index contributed by atoms with van der Waals surface area (Å²) in [5.41, 5.74) is 3.82. The van der Waals surface area contributed by atoms with E-state index in [1.807, 2.05) is 18.2 Å². The predicted octanol–water partition coefficient (Wildman–Crippen LogP) is 4.02. The third-order valence-corrected chi connectivity index (χ3v) is 4.53. The minimum atomic E-state index is -0.216. The van der Waals surface area contributed by atoms with Crippen molar-refractivity contribution in [2.45, 2.75) is 34.2 Å². The summed E-state index contributed by atoms with van der Waals surface area (Å²) < 4.78 is 3.80. The van der Waals surface area contributed by atoms with Crippen LogP contribution in [-0.4, -0.2) is 20.4 Å². The third-order valence-electron chi connectivity index (χ3n) is 4.26. The van der Waals surface area contributed by atoms with Crippen LogP contribution < -0.4 is 5.56 Å². The van der Waals surface area contributed by atoms with Gasteiger partial charge in [0.2, 0.25) is 4.77 Å². The van der Waals surface area contributed by atoms with Crippen LogP contribution in [0.4, 0.5) is 0 Å². The van der Waals surface area contributed by atoms with Crippen molar-refractivity contribution in [3.05, 3.63) is 62.4 Å². The zero-order valence-corrected chi connectivity index (χ0v) is 15.7. The van der Waals surface area contributed by atoms with Gasteiger partial charge in [-0.2, -0.15) is 9.78 Å². The summed E-state index contributed by atoms with van der Waals surface area (Å²) in [4.78, 5) is 15.7. The van der Waals surface area contributed by atoms with Gasteiger partial charge in [-0.05, 0) is 50.2 Å². The van der Waals surface area contributed by atoms with E-state index in [4.69, 9.17) is 12.2 Å². The molecular formula is C19H22N4OS. The molecule has 130 valence electrons. The molecule has 5 nitrogen and oxygen atoms in total. The molecule has 0 aliphatic carbocycles. The van der Waals surface area contributed by atoms with Crippen LogP contribution in [0, 0.1) is 24.5 Å². The van der Waals surface area contributed by atoms with Gasteiger partial charge >= 0.3 is 0 Å². The first-order valence-electron chi connectivity index (χ1n) is 8.33. The highest BCUT2D eigenvalue weighted by molar-refractivity contribution is 7.71. The van der Waals surface area contributed by atoms with E-state index < -0.39 is 0 Å². The van der Waals surface area contributed by atoms with Crippen LogP contribution in [0.1, 0.15) is 30.8 Å². The summed E-state index contributed by atoms with van der Waals surface area (Å²) in [5, 5.41) is 4.92. The third kappa shape index (κ3) is 3.35. The summed E-state index contributed by atoms with van der Waals surface area (Å²) in [6.45, 7) is 9.50. The Morgan fingerprint density at radius 1 is 1.28 bits per heavy atom. The molecule has 6 heteroatoms. The van der Waals surface area contributed by atoms with E-state index in [9.17, 15) is 4.79 Å². The van der Waals surface area contributed by atoms with Crippen LogP contribution >= 0.6 is 12.2 Å². The van der Waals surface area contributed by atoms with Gasteiger partial charge in [0.05, 0.1) is 17.1 Å². The SMILES string of the molecule is Cc1cc(/C=N\n2c(=S)[nH]c3ccccc3c2=O)c(C)n1CC(C)C. The normalized spacial score (nSPS) is 11.9. The lowest BCUT2D eigenvalue weighted by molar-refractivity contribution is 0.509. The van der Waals surface area contributed by atoms with Crippen molar-refractivity contribution in [2.75, 3.05) is 0 Å². The lowest BCUT2D eigenvalue weighted by Gasteiger charge is -2.11. The number of aryl methyl sites for hydroxylation is 1. The molecule has 1 N–H and O–H groups in total. The van der Waals surface area contributed by atoms with Gasteiger partial charge in [-0.3, -0.25) is 4.79 Å². The fraction of sp³-hybridized carbons (Fsp3) is 0.316. The Morgan fingerprint density at radius 2 is 2.00 bits per heavy atom. The molecule has 0 aliphatic heterocycles. The minimum Gasteiger partial charge on any atom is -0.348 e. The quantitative estimate of drug-likeness (QED) is 0.568. The topological polar surface area (TPSA) is 55.1 Å². The number of hydrogen-bond acceptors (Lipinski definition) is 3. The van der Waals surface area contributed by atoms with Crippen LogP contribution in [0.2, 0.25) is 0 Å². The van der Waals surface area contributed by atoms with Crippen LogP contribution in [0.25, 0.3) is 10.9 Å². The molecule has 3 rings (SSSR count). The molecular weight excluding hydrogens is 332 g/mol. The van der Waals surface area contributed by atoms with Gasteiger partial charge in [0.15, 0.2) is 0 Å². The van der Waals surface area contributed by atoms with E-state index in [0.717, 1.165) is 23.3 Å². The van der Waals surface area contributed by atoms with E-state index >= 15 is 0 Å². The number of aromatic amines is 1. The number of fused-ring (bicyclic) bond motifs is 1. The van der Waals surface area contributed by atoms with Crippen molar-refractivity contribution in [3.63, 3.8) is 0 Å². The highest BCUT2D eigenvalue weighted by Crippen LogP contribution is 2.15. The van der Waals surface area contributed by atoms with E-state index in [0.29, 0.717) is 11.3 Å². The first kappa shape index (κ1) is 17.4. The second-order valence-corrected chi connectivity index (χ2v) is 7.05. The first-order valence-corrected chi connectivity index (χ1v) is 8.74. The second kappa shape index (κ2) is 6.80. The van der Waals surface area contributed by atoms with Crippen LogP contribution in [-0.2, 0) is 6.54 Å². The fourth-order valence-electron chi connectivity index (χ4n) is 2.98. The molecule has 0 radical (unpaired) electrons. The highest BCUT2D eigenvalue weighted by atomic mass is 32.1. The molecule has 1 aromatic carbocycles. The van der Waals surface area contributed by atoms with E-state index in [2.05, 4.69) is 48.4 Å². The minimum absolute atomic E-state index is 0.216. The number of hydrogen-bond donors (Lipinski definition) is 1. The summed E-state index contributed by atoms with van der Waals surface area (Å²) in [7, 11) is 0. The lowest BCUT2D eigenvalue weighted by atomic mass is 10.2. The Labute approximate surface area is 151 Å². The summed E-state index contributed by atoms with van der Waals surface area (Å²) in [5.74, 6) is 0.562. The average molecular weight is 354 g/mol. The van der Waals surface area contributed by atoms with Crippen molar-refractivity contribution in [1.82, 2.24) is 14.2 Å². The van der Waals surface area contributed by atoms with Crippen LogP contribution in [0.5, 0.6) is 0 Å². The summed E-state index contributed by atoms with van der Waals surface area (Å²) in [6, 6.07) is 9.38. The van der Waals surface area contributed by atoms with E-state index in [-0.39, 0.29) is 10.3 Å². The predicted molar refractivity (Wildman–Crippen MR) is 105 cm³/mol. The van der Waals surface area contributed by atoms with Crippen LogP contribution in [0.15, 0.2) is 40.2 Å². The molecule has 0 bridgehead atoms. The second-order valence-electron chi connectivity index (χ2n) is 6.67. The standard InChI is InChI=1S/C19H22N4OS/c1-12(2)11-22-13(3)9-15(14(22)4)10-20-23-18(24)16-7-5-6-8-17(16)21-19(23)25/h5-10,12H,11H2,1-4H3,(H,21,25)/b20-10-. The largest absolute Gasteiger partial charge is 0.348 e. The Kier molecular flexibility index (Phi) is 4.72. The molecule has 0 saturated heterocycles.